The largest absolute Gasteiger partial charge is 0.479 e. The van der Waals surface area contributed by atoms with Gasteiger partial charge in [0.25, 0.3) is 0 Å². The number of carbonyl (C=O) groups is 1. The number of amides is 1. The van der Waals surface area contributed by atoms with E-state index in [-0.39, 0.29) is 23.5 Å². The molecular formula is C13H16N4O3. The summed E-state index contributed by atoms with van der Waals surface area (Å²) in [4.78, 5) is 19.4. The lowest BCUT2D eigenvalue weighted by Gasteiger charge is -2.16. The zero-order chi connectivity index (χ0) is 15.1. The number of carbonyl (C=O) groups excluding carboxylic acids is 1. The van der Waals surface area contributed by atoms with Crippen LogP contribution in [-0.2, 0) is 4.79 Å². The summed E-state index contributed by atoms with van der Waals surface area (Å²) in [5.74, 6) is -0.750. The van der Waals surface area contributed by atoms with Gasteiger partial charge in [0.2, 0.25) is 11.8 Å². The monoisotopic (exact) mass is 276 g/mol. The molecule has 0 aliphatic rings. The molecule has 106 valence electrons. The second-order valence-corrected chi connectivity index (χ2v) is 3.87. The first-order valence-corrected chi connectivity index (χ1v) is 5.85. The normalized spacial score (nSPS) is 11.1. The number of hydrogen-bond acceptors (Lipinski definition) is 6. The van der Waals surface area contributed by atoms with Crippen LogP contribution in [0.1, 0.15) is 25.0 Å². The Morgan fingerprint density at radius 1 is 1.50 bits per heavy atom. The van der Waals surface area contributed by atoms with Gasteiger partial charge in [0.05, 0.1) is 31.9 Å². The molecule has 1 aromatic heterocycles. The first kappa shape index (κ1) is 15.4. The third-order valence-corrected chi connectivity index (χ3v) is 2.45. The number of nitrogens with zero attached hydrogens (tertiary/aromatic N) is 3. The van der Waals surface area contributed by atoms with E-state index in [9.17, 15) is 10.1 Å². The van der Waals surface area contributed by atoms with Gasteiger partial charge in [0, 0.05) is 6.92 Å². The second kappa shape index (κ2) is 7.09. The van der Waals surface area contributed by atoms with E-state index in [0.717, 1.165) is 0 Å². The maximum absolute atomic E-state index is 11.3. The molecule has 1 unspecified atom stereocenters. The molecule has 0 aliphatic heterocycles. The van der Waals surface area contributed by atoms with Crippen LogP contribution in [0, 0.1) is 11.3 Å². The molecule has 0 bridgehead atoms. The Labute approximate surface area is 117 Å². The summed E-state index contributed by atoms with van der Waals surface area (Å²) < 4.78 is 10.1. The van der Waals surface area contributed by atoms with E-state index in [1.165, 1.54) is 21.1 Å². The van der Waals surface area contributed by atoms with Gasteiger partial charge in [-0.3, -0.25) is 4.79 Å². The van der Waals surface area contributed by atoms with Crippen molar-refractivity contribution in [3.05, 3.63) is 18.3 Å². The SMILES string of the molecule is C=CCC(C#N)c1nc(OC)nc(OC)c1NC(C)=O. The Bertz CT molecular complexity index is 551. The minimum atomic E-state index is -0.583. The van der Waals surface area contributed by atoms with Crippen LogP contribution >= 0.6 is 0 Å². The minimum Gasteiger partial charge on any atom is -0.479 e. The molecule has 0 fully saturated rings. The fourth-order valence-corrected chi connectivity index (χ4v) is 1.61. The Morgan fingerprint density at radius 2 is 2.20 bits per heavy atom. The number of anilines is 1. The number of hydrogen-bond donors (Lipinski definition) is 1. The summed E-state index contributed by atoms with van der Waals surface area (Å²) in [7, 11) is 2.82. The highest BCUT2D eigenvalue weighted by atomic mass is 16.5. The van der Waals surface area contributed by atoms with Crippen molar-refractivity contribution in [2.24, 2.45) is 0 Å². The summed E-state index contributed by atoms with van der Waals surface area (Å²) in [6.07, 6.45) is 1.99. The maximum Gasteiger partial charge on any atom is 0.319 e. The number of allylic oxidation sites excluding steroid dienone is 1. The van der Waals surface area contributed by atoms with Crippen LogP contribution in [-0.4, -0.2) is 30.1 Å². The van der Waals surface area contributed by atoms with E-state index in [1.807, 2.05) is 0 Å². The van der Waals surface area contributed by atoms with E-state index in [4.69, 9.17) is 9.47 Å². The molecule has 0 saturated carbocycles. The Balaban J connectivity index is 3.46. The van der Waals surface area contributed by atoms with Gasteiger partial charge in [0.1, 0.15) is 5.69 Å². The van der Waals surface area contributed by atoms with Crippen LogP contribution in [0.4, 0.5) is 5.69 Å². The number of ether oxygens (including phenoxy) is 2. The average Bonchev–Trinajstić information content (AvgIpc) is 2.44. The molecule has 0 aromatic carbocycles. The summed E-state index contributed by atoms with van der Waals surface area (Å²) >= 11 is 0. The van der Waals surface area contributed by atoms with Gasteiger partial charge >= 0.3 is 6.01 Å². The zero-order valence-electron chi connectivity index (χ0n) is 11.6. The Kier molecular flexibility index (Phi) is 5.47. The van der Waals surface area contributed by atoms with E-state index in [0.29, 0.717) is 12.1 Å². The fraction of sp³-hybridized carbons (Fsp3) is 0.385. The lowest BCUT2D eigenvalue weighted by molar-refractivity contribution is -0.114. The van der Waals surface area contributed by atoms with Crippen LogP contribution in [0.3, 0.4) is 0 Å². The third-order valence-electron chi connectivity index (χ3n) is 2.45. The molecule has 0 saturated heterocycles. The van der Waals surface area contributed by atoms with Gasteiger partial charge in [-0.2, -0.15) is 15.2 Å². The van der Waals surface area contributed by atoms with Crippen LogP contribution in [0.5, 0.6) is 11.9 Å². The molecule has 1 aromatic rings. The van der Waals surface area contributed by atoms with E-state index in [2.05, 4.69) is 27.9 Å². The highest BCUT2D eigenvalue weighted by Crippen LogP contribution is 2.33. The summed E-state index contributed by atoms with van der Waals surface area (Å²) in [5.41, 5.74) is 0.612. The predicted molar refractivity (Wildman–Crippen MR) is 72.6 cm³/mol. The minimum absolute atomic E-state index is 0.0651. The van der Waals surface area contributed by atoms with Gasteiger partial charge in [0.15, 0.2) is 0 Å². The van der Waals surface area contributed by atoms with Crippen molar-refractivity contribution in [3.63, 3.8) is 0 Å². The van der Waals surface area contributed by atoms with Crippen LogP contribution in [0.15, 0.2) is 12.7 Å². The van der Waals surface area contributed by atoms with Crippen LogP contribution in [0.25, 0.3) is 0 Å². The lowest BCUT2D eigenvalue weighted by atomic mass is 10.0. The number of methoxy groups -OCH3 is 2. The summed E-state index contributed by atoms with van der Waals surface area (Å²) in [6, 6.07) is 2.18. The molecule has 1 heterocycles. The van der Waals surface area contributed by atoms with Gasteiger partial charge in [-0.25, -0.2) is 0 Å². The molecular weight excluding hydrogens is 260 g/mol. The highest BCUT2D eigenvalue weighted by molar-refractivity contribution is 5.91. The molecule has 1 rings (SSSR count). The van der Waals surface area contributed by atoms with Crippen molar-refractivity contribution in [1.29, 1.82) is 5.26 Å². The third kappa shape index (κ3) is 3.45. The highest BCUT2D eigenvalue weighted by Gasteiger charge is 2.23. The zero-order valence-corrected chi connectivity index (χ0v) is 11.6. The van der Waals surface area contributed by atoms with Crippen molar-refractivity contribution in [2.45, 2.75) is 19.3 Å². The maximum atomic E-state index is 11.3. The number of nitrogens with one attached hydrogen (secondary N) is 1. The van der Waals surface area contributed by atoms with Crippen molar-refractivity contribution < 1.29 is 14.3 Å². The van der Waals surface area contributed by atoms with Gasteiger partial charge in [-0.15, -0.1) is 6.58 Å². The summed E-state index contributed by atoms with van der Waals surface area (Å²) in [6.45, 7) is 4.95. The Morgan fingerprint density at radius 3 is 2.65 bits per heavy atom. The van der Waals surface area contributed by atoms with Crippen molar-refractivity contribution in [1.82, 2.24) is 9.97 Å². The van der Waals surface area contributed by atoms with E-state index in [1.54, 1.807) is 6.08 Å². The summed E-state index contributed by atoms with van der Waals surface area (Å²) in [5, 5.41) is 11.8. The van der Waals surface area contributed by atoms with Gasteiger partial charge in [-0.05, 0) is 6.42 Å². The van der Waals surface area contributed by atoms with Gasteiger partial charge < -0.3 is 14.8 Å². The van der Waals surface area contributed by atoms with Crippen LogP contribution in [0.2, 0.25) is 0 Å². The van der Waals surface area contributed by atoms with Crippen molar-refractivity contribution >= 4 is 11.6 Å². The predicted octanol–water partition coefficient (Wildman–Crippen LogP) is 1.64. The molecule has 1 N–H and O–H groups in total. The molecule has 20 heavy (non-hydrogen) atoms. The fourth-order valence-electron chi connectivity index (χ4n) is 1.61. The number of aromatic nitrogens is 2. The molecule has 7 heteroatoms. The van der Waals surface area contributed by atoms with Crippen molar-refractivity contribution in [3.8, 4) is 18.0 Å². The smallest absolute Gasteiger partial charge is 0.319 e. The average molecular weight is 276 g/mol. The van der Waals surface area contributed by atoms with E-state index >= 15 is 0 Å². The molecule has 0 radical (unpaired) electrons. The molecule has 1 amide bonds. The lowest BCUT2D eigenvalue weighted by Crippen LogP contribution is -2.14. The quantitative estimate of drug-likeness (QED) is 0.793. The standard InChI is InChI=1S/C13H16N4O3/c1-5-6-9(7-14)10-11(15-8(2)18)12(19-3)17-13(16-10)20-4/h5,9H,1,6H2,2-4H3,(H,15,18). The molecule has 0 aliphatic carbocycles. The van der Waals surface area contributed by atoms with Crippen LogP contribution < -0.4 is 14.8 Å². The topological polar surface area (TPSA) is 97.1 Å². The molecule has 7 nitrogen and oxygen atoms in total. The van der Waals surface area contributed by atoms with E-state index < -0.39 is 5.92 Å². The van der Waals surface area contributed by atoms with Crippen molar-refractivity contribution in [2.75, 3.05) is 19.5 Å². The number of nitriles is 1. The second-order valence-electron chi connectivity index (χ2n) is 3.87. The molecule has 0 spiro atoms. The Hall–Kier alpha value is -2.62. The first-order valence-electron chi connectivity index (χ1n) is 5.85. The first-order chi connectivity index (χ1) is 9.57. The molecule has 1 atom stereocenters. The number of rotatable bonds is 6. The van der Waals surface area contributed by atoms with Gasteiger partial charge in [-0.1, -0.05) is 6.08 Å².